The van der Waals surface area contributed by atoms with E-state index in [1.807, 2.05) is 4.72 Å². The van der Waals surface area contributed by atoms with E-state index >= 15 is 0 Å². The maximum Gasteiger partial charge on any atom is 0.267 e. The zero-order chi connectivity index (χ0) is 18.9. The van der Waals surface area contributed by atoms with Crippen LogP contribution in [0, 0.1) is 6.92 Å². The summed E-state index contributed by atoms with van der Waals surface area (Å²) in [6.45, 7) is 0.648. The zero-order valence-electron chi connectivity index (χ0n) is 14.2. The quantitative estimate of drug-likeness (QED) is 0.828. The summed E-state index contributed by atoms with van der Waals surface area (Å²) in [5, 5.41) is 6.59. The highest BCUT2D eigenvalue weighted by Gasteiger charge is 2.22. The van der Waals surface area contributed by atoms with Gasteiger partial charge in [0.2, 0.25) is 10.0 Å². The van der Waals surface area contributed by atoms with Gasteiger partial charge in [-0.1, -0.05) is 12.1 Å². The Bertz CT molecular complexity index is 987. The lowest BCUT2D eigenvalue weighted by Gasteiger charge is -2.18. The van der Waals surface area contributed by atoms with Gasteiger partial charge in [0.1, 0.15) is 0 Å². The number of aromatic nitrogens is 2. The Hall–Kier alpha value is -2.13. The van der Waals surface area contributed by atoms with E-state index in [1.54, 1.807) is 19.1 Å². The van der Waals surface area contributed by atoms with E-state index in [-0.39, 0.29) is 10.5 Å². The molecule has 0 amide bonds. The molecule has 9 heteroatoms. The summed E-state index contributed by atoms with van der Waals surface area (Å²) >= 11 is 0. The van der Waals surface area contributed by atoms with Gasteiger partial charge in [0.05, 0.1) is 17.1 Å². The van der Waals surface area contributed by atoms with Crippen LogP contribution in [0.4, 0.5) is 8.78 Å². The van der Waals surface area contributed by atoms with Crippen molar-refractivity contribution in [3.05, 3.63) is 45.2 Å². The standard InChI is InChI=1S/C17H19F2N3O3S/c1-10-6-7-11(8-14(10)26(24,25)20-9-15(18)19)16-12-4-2-3-5-13(12)17(23)22-21-16/h6-8,15,20H,2-5,9H2,1H3,(H,22,23). The predicted octanol–water partition coefficient (Wildman–Crippen LogP) is 2.17. The number of hydrogen-bond acceptors (Lipinski definition) is 4. The van der Waals surface area contributed by atoms with Gasteiger partial charge in [-0.25, -0.2) is 27.0 Å². The van der Waals surface area contributed by atoms with Crippen molar-refractivity contribution >= 4 is 10.0 Å². The lowest BCUT2D eigenvalue weighted by Crippen LogP contribution is -2.29. The molecule has 0 saturated heterocycles. The molecular formula is C17H19F2N3O3S. The molecule has 0 aliphatic heterocycles. The van der Waals surface area contributed by atoms with Crippen molar-refractivity contribution in [2.45, 2.75) is 43.9 Å². The molecule has 26 heavy (non-hydrogen) atoms. The molecule has 1 aromatic carbocycles. The van der Waals surface area contributed by atoms with E-state index in [9.17, 15) is 22.0 Å². The first-order valence-electron chi connectivity index (χ1n) is 8.29. The van der Waals surface area contributed by atoms with Gasteiger partial charge in [-0.05, 0) is 49.8 Å². The fraction of sp³-hybridized carbons (Fsp3) is 0.412. The average molecular weight is 383 g/mol. The summed E-state index contributed by atoms with van der Waals surface area (Å²) in [6.07, 6.45) is 0.429. The molecule has 1 aliphatic carbocycles. The summed E-state index contributed by atoms with van der Waals surface area (Å²) < 4.78 is 51.4. The molecule has 0 fully saturated rings. The maximum atomic E-state index is 12.4. The van der Waals surface area contributed by atoms with Gasteiger partial charge in [-0.2, -0.15) is 5.10 Å². The van der Waals surface area contributed by atoms with Crippen molar-refractivity contribution < 1.29 is 17.2 Å². The van der Waals surface area contributed by atoms with Crippen LogP contribution >= 0.6 is 0 Å². The second-order valence-electron chi connectivity index (χ2n) is 6.29. The number of rotatable bonds is 5. The SMILES string of the molecule is Cc1ccc(-c2n[nH]c(=O)c3c2CCCC3)cc1S(=O)(=O)NCC(F)F. The number of nitrogens with zero attached hydrogens (tertiary/aromatic N) is 1. The molecule has 0 bridgehead atoms. The number of alkyl halides is 2. The van der Waals surface area contributed by atoms with E-state index < -0.39 is 23.0 Å². The van der Waals surface area contributed by atoms with Crippen molar-refractivity contribution in [3.8, 4) is 11.3 Å². The van der Waals surface area contributed by atoms with Crippen LogP contribution in [-0.4, -0.2) is 31.6 Å². The number of hydrogen-bond donors (Lipinski definition) is 2. The van der Waals surface area contributed by atoms with Crippen LogP contribution in [0.2, 0.25) is 0 Å². The van der Waals surface area contributed by atoms with E-state index in [0.29, 0.717) is 35.2 Å². The second kappa shape index (κ2) is 7.24. The first kappa shape index (κ1) is 18.7. The third-order valence-electron chi connectivity index (χ3n) is 4.48. The maximum absolute atomic E-state index is 12.4. The minimum Gasteiger partial charge on any atom is -0.268 e. The fourth-order valence-corrected chi connectivity index (χ4v) is 4.46. The number of benzene rings is 1. The van der Waals surface area contributed by atoms with E-state index in [4.69, 9.17) is 0 Å². The molecule has 3 rings (SSSR count). The van der Waals surface area contributed by atoms with Gasteiger partial charge >= 0.3 is 0 Å². The first-order valence-corrected chi connectivity index (χ1v) is 9.77. The molecule has 0 atom stereocenters. The average Bonchev–Trinajstić information content (AvgIpc) is 2.61. The molecule has 0 unspecified atom stereocenters. The Morgan fingerprint density at radius 2 is 1.92 bits per heavy atom. The summed E-state index contributed by atoms with van der Waals surface area (Å²) in [5.74, 6) is 0. The summed E-state index contributed by atoms with van der Waals surface area (Å²) in [7, 11) is -4.08. The van der Waals surface area contributed by atoms with Crippen LogP contribution in [0.15, 0.2) is 27.9 Å². The van der Waals surface area contributed by atoms with Gasteiger partial charge < -0.3 is 0 Å². The Balaban J connectivity index is 2.08. The van der Waals surface area contributed by atoms with Gasteiger partial charge in [0.15, 0.2) is 0 Å². The van der Waals surface area contributed by atoms with Gasteiger partial charge in [0.25, 0.3) is 12.0 Å². The Kier molecular flexibility index (Phi) is 5.19. The molecule has 1 aliphatic rings. The van der Waals surface area contributed by atoms with E-state index in [1.165, 1.54) is 6.07 Å². The zero-order valence-corrected chi connectivity index (χ0v) is 15.0. The molecule has 2 N–H and O–H groups in total. The third-order valence-corrected chi connectivity index (χ3v) is 6.04. The number of nitrogens with one attached hydrogen (secondary N) is 2. The number of aryl methyl sites for hydroxylation is 1. The van der Waals surface area contributed by atoms with Crippen LogP contribution < -0.4 is 10.3 Å². The summed E-state index contributed by atoms with van der Waals surface area (Å²) in [5.41, 5.74) is 2.79. The highest BCUT2D eigenvalue weighted by molar-refractivity contribution is 7.89. The lowest BCUT2D eigenvalue weighted by atomic mass is 9.90. The number of H-pyrrole nitrogens is 1. The Labute approximate surface area is 149 Å². The van der Waals surface area contributed by atoms with Crippen LogP contribution in [0.25, 0.3) is 11.3 Å². The van der Waals surface area contributed by atoms with Crippen LogP contribution in [-0.2, 0) is 22.9 Å². The minimum atomic E-state index is -4.08. The van der Waals surface area contributed by atoms with Crippen molar-refractivity contribution in [3.63, 3.8) is 0 Å². The van der Waals surface area contributed by atoms with Crippen LogP contribution in [0.1, 0.15) is 29.5 Å². The summed E-state index contributed by atoms with van der Waals surface area (Å²) in [4.78, 5) is 11.9. The number of halogens is 2. The molecule has 0 saturated carbocycles. The Morgan fingerprint density at radius 1 is 1.23 bits per heavy atom. The van der Waals surface area contributed by atoms with E-state index in [2.05, 4.69) is 10.2 Å². The first-order chi connectivity index (χ1) is 12.3. The smallest absolute Gasteiger partial charge is 0.267 e. The molecule has 1 heterocycles. The van der Waals surface area contributed by atoms with Gasteiger partial charge in [0, 0.05) is 11.1 Å². The largest absolute Gasteiger partial charge is 0.268 e. The highest BCUT2D eigenvalue weighted by atomic mass is 32.2. The Morgan fingerprint density at radius 3 is 2.62 bits per heavy atom. The molecule has 1 aromatic heterocycles. The van der Waals surface area contributed by atoms with Crippen molar-refractivity contribution in [2.75, 3.05) is 6.54 Å². The van der Waals surface area contributed by atoms with Crippen LogP contribution in [0.5, 0.6) is 0 Å². The second-order valence-corrected chi connectivity index (χ2v) is 8.02. The normalized spacial score (nSPS) is 14.5. The van der Waals surface area contributed by atoms with Gasteiger partial charge in [-0.3, -0.25) is 4.79 Å². The van der Waals surface area contributed by atoms with Crippen molar-refractivity contribution in [2.24, 2.45) is 0 Å². The molecule has 2 aromatic rings. The molecule has 6 nitrogen and oxygen atoms in total. The number of fused-ring (bicyclic) bond motifs is 1. The third kappa shape index (κ3) is 3.68. The monoisotopic (exact) mass is 383 g/mol. The summed E-state index contributed by atoms with van der Waals surface area (Å²) in [6, 6.07) is 4.74. The molecular weight excluding hydrogens is 364 g/mol. The number of sulfonamides is 1. The van der Waals surface area contributed by atoms with Crippen molar-refractivity contribution in [1.29, 1.82) is 0 Å². The van der Waals surface area contributed by atoms with E-state index in [0.717, 1.165) is 18.4 Å². The molecule has 140 valence electrons. The van der Waals surface area contributed by atoms with Crippen molar-refractivity contribution in [1.82, 2.24) is 14.9 Å². The van der Waals surface area contributed by atoms with Gasteiger partial charge in [-0.15, -0.1) is 0 Å². The fourth-order valence-electron chi connectivity index (χ4n) is 3.19. The minimum absolute atomic E-state index is 0.0757. The molecule has 0 radical (unpaired) electrons. The number of aromatic amines is 1. The predicted molar refractivity (Wildman–Crippen MR) is 92.9 cm³/mol. The molecule has 0 spiro atoms. The highest BCUT2D eigenvalue weighted by Crippen LogP contribution is 2.30. The topological polar surface area (TPSA) is 91.9 Å². The van der Waals surface area contributed by atoms with Crippen LogP contribution in [0.3, 0.4) is 0 Å². The lowest BCUT2D eigenvalue weighted by molar-refractivity contribution is 0.153.